The van der Waals surface area contributed by atoms with Crippen molar-refractivity contribution in [3.8, 4) is 0 Å². The Hall–Kier alpha value is -2.96. The summed E-state index contributed by atoms with van der Waals surface area (Å²) in [4.78, 5) is 27.6. The first kappa shape index (κ1) is 15.9. The van der Waals surface area contributed by atoms with Crippen molar-refractivity contribution in [2.24, 2.45) is 0 Å². The molecule has 3 rings (SSSR count). The highest BCUT2D eigenvalue weighted by molar-refractivity contribution is 5.98. The molecule has 1 heterocycles. The van der Waals surface area contributed by atoms with E-state index in [1.54, 1.807) is 24.3 Å². The molecule has 1 saturated carbocycles. The number of amides is 2. The first-order valence-corrected chi connectivity index (χ1v) is 7.88. The van der Waals surface area contributed by atoms with Gasteiger partial charge in [-0.25, -0.2) is 0 Å². The van der Waals surface area contributed by atoms with E-state index in [2.05, 4.69) is 32.4 Å². The fourth-order valence-electron chi connectivity index (χ4n) is 2.45. The maximum Gasteiger partial charge on any atom is 0.248 e. The van der Waals surface area contributed by atoms with Crippen LogP contribution in [0.5, 0.6) is 0 Å². The van der Waals surface area contributed by atoms with Crippen LogP contribution in [-0.2, 0) is 16.0 Å². The predicted octanol–water partition coefficient (Wildman–Crippen LogP) is 2.38. The molecular formula is C17H19N5O2. The van der Waals surface area contributed by atoms with Gasteiger partial charge in [-0.05, 0) is 36.6 Å². The van der Waals surface area contributed by atoms with Gasteiger partial charge in [0.2, 0.25) is 17.8 Å². The number of nitrogens with one attached hydrogen (secondary N) is 3. The lowest BCUT2D eigenvalue weighted by Crippen LogP contribution is -2.16. The smallest absolute Gasteiger partial charge is 0.248 e. The molecule has 24 heavy (non-hydrogen) atoms. The summed E-state index contributed by atoms with van der Waals surface area (Å²) in [6, 6.07) is 7.06. The second-order valence-corrected chi connectivity index (χ2v) is 5.79. The van der Waals surface area contributed by atoms with Crippen LogP contribution < -0.4 is 10.6 Å². The van der Waals surface area contributed by atoms with Crippen LogP contribution in [0.1, 0.15) is 36.6 Å². The van der Waals surface area contributed by atoms with E-state index in [4.69, 9.17) is 0 Å². The van der Waals surface area contributed by atoms with E-state index < -0.39 is 0 Å². The van der Waals surface area contributed by atoms with Crippen LogP contribution in [0.2, 0.25) is 0 Å². The predicted molar refractivity (Wildman–Crippen MR) is 90.6 cm³/mol. The SMILES string of the molecule is C=CC(=O)Nc1ccc(CC(=O)Nc2n[nH]c(C3CCC3)n2)cc1. The fraction of sp³-hybridized carbons (Fsp3) is 0.294. The van der Waals surface area contributed by atoms with Gasteiger partial charge in [-0.1, -0.05) is 25.1 Å². The molecule has 0 unspecified atom stereocenters. The Balaban J connectivity index is 1.53. The Morgan fingerprint density at radius 3 is 2.62 bits per heavy atom. The Labute approximate surface area is 139 Å². The molecule has 0 spiro atoms. The van der Waals surface area contributed by atoms with Crippen LogP contribution >= 0.6 is 0 Å². The molecule has 0 aliphatic heterocycles. The molecule has 0 atom stereocenters. The van der Waals surface area contributed by atoms with E-state index in [0.29, 0.717) is 17.6 Å². The minimum absolute atomic E-state index is 0.183. The van der Waals surface area contributed by atoms with Crippen molar-refractivity contribution in [1.29, 1.82) is 0 Å². The van der Waals surface area contributed by atoms with E-state index in [1.807, 2.05) is 0 Å². The molecule has 1 aromatic heterocycles. The molecule has 0 saturated heterocycles. The number of hydrogen-bond acceptors (Lipinski definition) is 4. The molecule has 1 aromatic carbocycles. The van der Waals surface area contributed by atoms with Crippen LogP contribution in [0.25, 0.3) is 0 Å². The number of aromatic amines is 1. The highest BCUT2D eigenvalue weighted by atomic mass is 16.2. The first-order valence-electron chi connectivity index (χ1n) is 7.88. The van der Waals surface area contributed by atoms with Gasteiger partial charge in [-0.3, -0.25) is 20.0 Å². The van der Waals surface area contributed by atoms with Crippen molar-refractivity contribution in [3.63, 3.8) is 0 Å². The molecule has 0 bridgehead atoms. The van der Waals surface area contributed by atoms with Gasteiger partial charge in [0.25, 0.3) is 0 Å². The molecule has 1 aliphatic rings. The van der Waals surface area contributed by atoms with Gasteiger partial charge >= 0.3 is 0 Å². The van der Waals surface area contributed by atoms with Gasteiger partial charge in [-0.15, -0.1) is 5.10 Å². The second-order valence-electron chi connectivity index (χ2n) is 5.79. The average molecular weight is 325 g/mol. The van der Waals surface area contributed by atoms with Gasteiger partial charge in [0.05, 0.1) is 6.42 Å². The van der Waals surface area contributed by atoms with Crippen molar-refractivity contribution < 1.29 is 9.59 Å². The largest absolute Gasteiger partial charge is 0.323 e. The van der Waals surface area contributed by atoms with Crippen LogP contribution in [0, 0.1) is 0 Å². The first-order chi connectivity index (χ1) is 11.6. The van der Waals surface area contributed by atoms with E-state index in [9.17, 15) is 9.59 Å². The summed E-state index contributed by atoms with van der Waals surface area (Å²) in [7, 11) is 0. The molecule has 1 fully saturated rings. The van der Waals surface area contributed by atoms with Crippen LogP contribution in [0.3, 0.4) is 0 Å². The van der Waals surface area contributed by atoms with E-state index in [-0.39, 0.29) is 18.2 Å². The average Bonchev–Trinajstić information content (AvgIpc) is 2.95. The zero-order valence-electron chi connectivity index (χ0n) is 13.2. The molecule has 1 aliphatic carbocycles. The third-order valence-electron chi connectivity index (χ3n) is 4.02. The maximum absolute atomic E-state index is 12.1. The molecule has 7 heteroatoms. The maximum atomic E-state index is 12.1. The molecule has 124 valence electrons. The number of carbonyl (C=O) groups is 2. The second kappa shape index (κ2) is 7.08. The lowest BCUT2D eigenvalue weighted by Gasteiger charge is -2.22. The highest BCUT2D eigenvalue weighted by Crippen LogP contribution is 2.34. The molecular weight excluding hydrogens is 306 g/mol. The van der Waals surface area contributed by atoms with Crippen molar-refractivity contribution in [2.45, 2.75) is 31.6 Å². The third kappa shape index (κ3) is 3.87. The molecule has 3 N–H and O–H groups in total. The summed E-state index contributed by atoms with van der Waals surface area (Å²) in [5.74, 6) is 1.15. The zero-order valence-corrected chi connectivity index (χ0v) is 13.2. The monoisotopic (exact) mass is 325 g/mol. The molecule has 2 amide bonds. The van der Waals surface area contributed by atoms with Crippen LogP contribution in [-0.4, -0.2) is 27.0 Å². The van der Waals surface area contributed by atoms with Gasteiger partial charge in [0, 0.05) is 11.6 Å². The van der Waals surface area contributed by atoms with Gasteiger partial charge in [-0.2, -0.15) is 4.98 Å². The lowest BCUT2D eigenvalue weighted by molar-refractivity contribution is -0.115. The minimum Gasteiger partial charge on any atom is -0.323 e. The van der Waals surface area contributed by atoms with Gasteiger partial charge in [0.15, 0.2) is 0 Å². The highest BCUT2D eigenvalue weighted by Gasteiger charge is 2.23. The van der Waals surface area contributed by atoms with Gasteiger partial charge < -0.3 is 5.32 Å². The summed E-state index contributed by atoms with van der Waals surface area (Å²) in [6.45, 7) is 3.40. The number of rotatable bonds is 6. The van der Waals surface area contributed by atoms with Crippen molar-refractivity contribution in [2.75, 3.05) is 10.6 Å². The van der Waals surface area contributed by atoms with Crippen molar-refractivity contribution in [3.05, 3.63) is 48.3 Å². The molecule has 2 aromatic rings. The summed E-state index contributed by atoms with van der Waals surface area (Å²) < 4.78 is 0. The lowest BCUT2D eigenvalue weighted by atomic mass is 9.85. The summed E-state index contributed by atoms with van der Waals surface area (Å²) in [6.07, 6.45) is 4.88. The fourth-order valence-corrected chi connectivity index (χ4v) is 2.45. The Morgan fingerprint density at radius 2 is 2.00 bits per heavy atom. The third-order valence-corrected chi connectivity index (χ3v) is 4.02. The summed E-state index contributed by atoms with van der Waals surface area (Å²) >= 11 is 0. The number of H-pyrrole nitrogens is 1. The van der Waals surface area contributed by atoms with Gasteiger partial charge in [0.1, 0.15) is 5.82 Å². The van der Waals surface area contributed by atoms with E-state index in [0.717, 1.165) is 24.2 Å². The standard InChI is InChI=1S/C17H19N5O2/c1-2-14(23)18-13-8-6-11(7-9-13)10-15(24)19-17-20-16(21-22-17)12-4-3-5-12/h2,6-9,12H,1,3-5,10H2,(H,18,23)(H2,19,20,21,22,24). The quantitative estimate of drug-likeness (QED) is 0.710. The number of carbonyl (C=O) groups excluding carboxylic acids is 2. The minimum atomic E-state index is -0.271. The number of nitrogens with zero attached hydrogens (tertiary/aromatic N) is 2. The van der Waals surface area contributed by atoms with Crippen LogP contribution in [0.15, 0.2) is 36.9 Å². The Morgan fingerprint density at radius 1 is 1.25 bits per heavy atom. The molecule has 0 radical (unpaired) electrons. The van der Waals surface area contributed by atoms with E-state index >= 15 is 0 Å². The summed E-state index contributed by atoms with van der Waals surface area (Å²) in [5.41, 5.74) is 1.49. The van der Waals surface area contributed by atoms with Crippen molar-refractivity contribution >= 4 is 23.5 Å². The number of aromatic nitrogens is 3. The van der Waals surface area contributed by atoms with Crippen LogP contribution in [0.4, 0.5) is 11.6 Å². The zero-order chi connectivity index (χ0) is 16.9. The normalized spacial score (nSPS) is 13.8. The molecule has 7 nitrogen and oxygen atoms in total. The Kier molecular flexibility index (Phi) is 4.69. The topological polar surface area (TPSA) is 99.8 Å². The van der Waals surface area contributed by atoms with Crippen molar-refractivity contribution in [1.82, 2.24) is 15.2 Å². The number of benzene rings is 1. The van der Waals surface area contributed by atoms with E-state index in [1.165, 1.54) is 12.5 Å². The Bertz CT molecular complexity index is 747. The summed E-state index contributed by atoms with van der Waals surface area (Å²) in [5, 5.41) is 12.3. The number of anilines is 2. The number of hydrogen-bond donors (Lipinski definition) is 3.